The molecule has 0 amide bonds. The van der Waals surface area contributed by atoms with E-state index >= 15 is 0 Å². The first-order valence-corrected chi connectivity index (χ1v) is 15.0. The number of hydrogen-bond acceptors (Lipinski definition) is 7. The van der Waals surface area contributed by atoms with Gasteiger partial charge in [-0.3, -0.25) is 4.90 Å². The van der Waals surface area contributed by atoms with Crippen LogP contribution in [0.4, 0.5) is 0 Å². The van der Waals surface area contributed by atoms with Crippen molar-refractivity contribution in [3.05, 3.63) is 82.0 Å². The van der Waals surface area contributed by atoms with Crippen LogP contribution >= 0.6 is 23.2 Å². The van der Waals surface area contributed by atoms with Crippen LogP contribution < -0.4 is 4.74 Å². The van der Waals surface area contributed by atoms with Gasteiger partial charge >= 0.3 is 0 Å². The van der Waals surface area contributed by atoms with Gasteiger partial charge in [-0.15, -0.1) is 11.6 Å². The van der Waals surface area contributed by atoms with Gasteiger partial charge in [0.15, 0.2) is 15.6 Å². The first-order valence-electron chi connectivity index (χ1n) is 12.0. The maximum atomic E-state index is 11.7. The molecular formula is C27H25Cl2N5O3S. The number of nitrogens with zero attached hydrogens (tertiary/aromatic N) is 5. The predicted molar refractivity (Wildman–Crippen MR) is 148 cm³/mol. The molecule has 1 aliphatic heterocycles. The largest absolute Gasteiger partial charge is 0.489 e. The minimum atomic E-state index is -3.19. The highest BCUT2D eigenvalue weighted by Crippen LogP contribution is 2.33. The summed E-state index contributed by atoms with van der Waals surface area (Å²) in [6, 6.07) is 14.0. The maximum absolute atomic E-state index is 11.7. The van der Waals surface area contributed by atoms with Crippen molar-refractivity contribution < 1.29 is 13.2 Å². The lowest BCUT2D eigenvalue weighted by Crippen LogP contribution is -2.31. The van der Waals surface area contributed by atoms with Crippen LogP contribution in [0.2, 0.25) is 5.02 Å². The number of nitriles is 1. The van der Waals surface area contributed by atoms with Crippen LogP contribution in [0, 0.1) is 11.3 Å². The van der Waals surface area contributed by atoms with E-state index in [4.69, 9.17) is 27.9 Å². The molecular weight excluding hydrogens is 545 g/mol. The molecule has 0 atom stereocenters. The van der Waals surface area contributed by atoms with Gasteiger partial charge in [0.25, 0.3) is 0 Å². The summed E-state index contributed by atoms with van der Waals surface area (Å²) >= 11 is 12.2. The van der Waals surface area contributed by atoms with Crippen LogP contribution in [-0.2, 0) is 35.1 Å². The second-order valence-corrected chi connectivity index (χ2v) is 12.2. The molecule has 0 saturated heterocycles. The van der Waals surface area contributed by atoms with Crippen LogP contribution in [0.15, 0.2) is 48.8 Å². The van der Waals surface area contributed by atoms with Gasteiger partial charge in [-0.25, -0.2) is 18.4 Å². The standard InChI is InChI=1S/C27H25Cl2N5O3S/c1-38(35,36)17-26-31-14-20-4-7-33(16-24(20)32-26)15-18-2-3-25-19(10-18)5-8-34(25)22-11-21(13-30)27(23(29)12-22)37-9-6-28/h2-3,5,8,10-12,14H,4,6-7,9,15-17H2,1H3. The van der Waals surface area contributed by atoms with E-state index in [2.05, 4.69) is 39.1 Å². The van der Waals surface area contributed by atoms with Crippen LogP contribution in [0.25, 0.3) is 16.6 Å². The Labute approximate surface area is 231 Å². The highest BCUT2D eigenvalue weighted by molar-refractivity contribution is 7.89. The van der Waals surface area contributed by atoms with Crippen molar-refractivity contribution in [2.75, 3.05) is 25.3 Å². The number of aromatic nitrogens is 3. The number of benzene rings is 2. The third-order valence-corrected chi connectivity index (χ3v) is 7.60. The lowest BCUT2D eigenvalue weighted by atomic mass is 10.1. The van der Waals surface area contributed by atoms with Gasteiger partial charge in [0, 0.05) is 49.4 Å². The van der Waals surface area contributed by atoms with E-state index in [1.165, 1.54) is 6.26 Å². The van der Waals surface area contributed by atoms with E-state index in [0.717, 1.165) is 52.9 Å². The number of halogens is 2. The summed E-state index contributed by atoms with van der Waals surface area (Å²) in [5.41, 5.74) is 5.23. The number of ether oxygens (including phenoxy) is 1. The Bertz CT molecular complexity index is 1660. The molecule has 0 spiro atoms. The number of sulfone groups is 1. The van der Waals surface area contributed by atoms with Crippen LogP contribution in [0.5, 0.6) is 5.75 Å². The minimum absolute atomic E-state index is 0.155. The highest BCUT2D eigenvalue weighted by atomic mass is 35.5. The van der Waals surface area contributed by atoms with E-state index in [0.29, 0.717) is 34.6 Å². The smallest absolute Gasteiger partial charge is 0.155 e. The van der Waals surface area contributed by atoms with Gasteiger partial charge in [-0.05, 0) is 47.9 Å². The van der Waals surface area contributed by atoms with Crippen LogP contribution in [0.3, 0.4) is 0 Å². The molecule has 2 aromatic heterocycles. The Kier molecular flexibility index (Phi) is 7.59. The van der Waals surface area contributed by atoms with Crippen molar-refractivity contribution in [1.29, 1.82) is 5.26 Å². The van der Waals surface area contributed by atoms with E-state index in [9.17, 15) is 13.7 Å². The molecule has 38 heavy (non-hydrogen) atoms. The van der Waals surface area contributed by atoms with E-state index < -0.39 is 9.84 Å². The van der Waals surface area contributed by atoms with Crippen molar-refractivity contribution in [3.8, 4) is 17.5 Å². The Morgan fingerprint density at radius 2 is 2.05 bits per heavy atom. The fourth-order valence-corrected chi connectivity index (χ4v) is 5.65. The third-order valence-electron chi connectivity index (χ3n) is 6.38. The third kappa shape index (κ3) is 5.79. The van der Waals surface area contributed by atoms with Crippen molar-refractivity contribution in [1.82, 2.24) is 19.4 Å². The average Bonchev–Trinajstić information content (AvgIpc) is 3.29. The average molecular weight is 571 g/mol. The summed E-state index contributed by atoms with van der Waals surface area (Å²) < 4.78 is 30.9. The summed E-state index contributed by atoms with van der Waals surface area (Å²) in [4.78, 5) is 11.1. The second-order valence-electron chi connectivity index (χ2n) is 9.32. The Hall–Kier alpha value is -3.16. The maximum Gasteiger partial charge on any atom is 0.155 e. The zero-order valence-corrected chi connectivity index (χ0v) is 23.0. The Morgan fingerprint density at radius 1 is 1.21 bits per heavy atom. The Balaban J connectivity index is 1.36. The molecule has 0 unspecified atom stereocenters. The molecule has 0 saturated carbocycles. The molecule has 0 N–H and O–H groups in total. The molecule has 1 aliphatic rings. The fraction of sp³-hybridized carbons (Fsp3) is 0.296. The number of alkyl halides is 1. The molecule has 8 nitrogen and oxygen atoms in total. The molecule has 11 heteroatoms. The number of rotatable bonds is 8. The van der Waals surface area contributed by atoms with Crippen molar-refractivity contribution in [2.45, 2.75) is 25.3 Å². The van der Waals surface area contributed by atoms with E-state index in [-0.39, 0.29) is 12.4 Å². The van der Waals surface area contributed by atoms with Gasteiger partial charge < -0.3 is 9.30 Å². The summed E-state index contributed by atoms with van der Waals surface area (Å²) in [7, 11) is -3.19. The molecule has 0 fully saturated rings. The van der Waals surface area contributed by atoms with Crippen LogP contribution in [0.1, 0.15) is 28.2 Å². The first-order chi connectivity index (χ1) is 18.2. The zero-order valence-electron chi connectivity index (χ0n) is 20.7. The molecule has 196 valence electrons. The molecule has 0 bridgehead atoms. The summed E-state index contributed by atoms with van der Waals surface area (Å²) in [5, 5.41) is 11.0. The van der Waals surface area contributed by atoms with Gasteiger partial charge in [0.1, 0.15) is 24.3 Å². The normalized spacial score (nSPS) is 13.8. The van der Waals surface area contributed by atoms with E-state index in [1.54, 1.807) is 18.3 Å². The lowest BCUT2D eigenvalue weighted by Gasteiger charge is -2.28. The van der Waals surface area contributed by atoms with Gasteiger partial charge in [0.05, 0.1) is 27.7 Å². The quantitative estimate of drug-likeness (QED) is 0.284. The van der Waals surface area contributed by atoms with Crippen molar-refractivity contribution in [3.63, 3.8) is 0 Å². The van der Waals surface area contributed by atoms with Gasteiger partial charge in [-0.1, -0.05) is 17.7 Å². The number of fused-ring (bicyclic) bond motifs is 2. The monoisotopic (exact) mass is 569 g/mol. The highest BCUT2D eigenvalue weighted by Gasteiger charge is 2.20. The SMILES string of the molecule is CS(=O)(=O)Cc1ncc2c(n1)CN(Cc1ccc3c(ccn3-c3cc(Cl)c(OCCCl)c(C#N)c3)c1)CC2. The molecule has 3 heterocycles. The number of hydrogen-bond donors (Lipinski definition) is 0. The topological polar surface area (TPSA) is 101 Å². The molecule has 4 aromatic rings. The van der Waals surface area contributed by atoms with Gasteiger partial charge in [0.2, 0.25) is 0 Å². The van der Waals surface area contributed by atoms with Crippen molar-refractivity contribution >= 4 is 43.9 Å². The summed E-state index contributed by atoms with van der Waals surface area (Å²) in [5.74, 6) is 0.830. The Morgan fingerprint density at radius 3 is 2.82 bits per heavy atom. The fourth-order valence-electron chi connectivity index (χ4n) is 4.70. The van der Waals surface area contributed by atoms with Crippen LogP contribution in [-0.4, -0.2) is 53.1 Å². The lowest BCUT2D eigenvalue weighted by molar-refractivity contribution is 0.241. The summed E-state index contributed by atoms with van der Waals surface area (Å²) in [6.45, 7) is 2.51. The first kappa shape index (κ1) is 26.4. The zero-order chi connectivity index (χ0) is 26.9. The molecule has 0 radical (unpaired) electrons. The molecule has 0 aliphatic carbocycles. The van der Waals surface area contributed by atoms with Gasteiger partial charge in [-0.2, -0.15) is 5.26 Å². The molecule has 5 rings (SSSR count). The van der Waals surface area contributed by atoms with Crippen molar-refractivity contribution in [2.24, 2.45) is 0 Å². The second kappa shape index (κ2) is 10.9. The minimum Gasteiger partial charge on any atom is -0.489 e. The van der Waals surface area contributed by atoms with E-state index in [1.807, 2.05) is 16.8 Å². The predicted octanol–water partition coefficient (Wildman–Crippen LogP) is 4.67. The molecule has 2 aromatic carbocycles. The summed E-state index contributed by atoms with van der Waals surface area (Å²) in [6.07, 6.45) is 5.72.